The van der Waals surface area contributed by atoms with Crippen LogP contribution in [0.15, 0.2) is 18.2 Å². The summed E-state index contributed by atoms with van der Waals surface area (Å²) < 4.78 is 26.8. The highest BCUT2D eigenvalue weighted by Crippen LogP contribution is 2.28. The zero-order valence-electron chi connectivity index (χ0n) is 12.6. The molecule has 2 amide bonds. The van der Waals surface area contributed by atoms with Crippen LogP contribution < -0.4 is 15.5 Å². The van der Waals surface area contributed by atoms with Gasteiger partial charge in [-0.3, -0.25) is 9.59 Å². The number of anilines is 1. The number of rotatable bonds is 3. The van der Waals surface area contributed by atoms with E-state index in [4.69, 9.17) is 0 Å². The van der Waals surface area contributed by atoms with Crippen molar-refractivity contribution in [1.29, 1.82) is 0 Å². The third-order valence-electron chi connectivity index (χ3n) is 4.34. The van der Waals surface area contributed by atoms with Crippen LogP contribution >= 0.6 is 0 Å². The monoisotopic (exact) mass is 323 g/mol. The van der Waals surface area contributed by atoms with Crippen LogP contribution in [0.3, 0.4) is 0 Å². The van der Waals surface area contributed by atoms with Crippen molar-refractivity contribution >= 4 is 17.5 Å². The third kappa shape index (κ3) is 3.50. The minimum Gasteiger partial charge on any atom is -0.352 e. The van der Waals surface area contributed by atoms with E-state index in [2.05, 4.69) is 10.6 Å². The summed E-state index contributed by atoms with van der Waals surface area (Å²) in [6, 6.07) is 3.15. The van der Waals surface area contributed by atoms with Gasteiger partial charge < -0.3 is 15.5 Å². The molecule has 2 saturated heterocycles. The quantitative estimate of drug-likeness (QED) is 0.878. The molecule has 5 nitrogen and oxygen atoms in total. The molecule has 23 heavy (non-hydrogen) atoms. The number of hydrogen-bond acceptors (Lipinski definition) is 3. The fraction of sp³-hybridized carbons (Fsp3) is 0.500. The number of carbonyl (C=O) groups excluding carboxylic acids is 2. The number of nitrogens with zero attached hydrogens (tertiary/aromatic N) is 1. The van der Waals surface area contributed by atoms with E-state index in [1.807, 2.05) is 0 Å². The van der Waals surface area contributed by atoms with Gasteiger partial charge >= 0.3 is 0 Å². The van der Waals surface area contributed by atoms with Crippen LogP contribution in [0.1, 0.15) is 19.3 Å². The number of halogens is 2. The Morgan fingerprint density at radius 2 is 2.17 bits per heavy atom. The first-order valence-electron chi connectivity index (χ1n) is 7.81. The van der Waals surface area contributed by atoms with E-state index in [-0.39, 0.29) is 36.5 Å². The summed E-state index contributed by atoms with van der Waals surface area (Å²) in [6.07, 6.45) is 1.96. The second kappa shape index (κ2) is 6.62. The summed E-state index contributed by atoms with van der Waals surface area (Å²) in [7, 11) is 0. The van der Waals surface area contributed by atoms with Crippen molar-refractivity contribution in [3.05, 3.63) is 29.8 Å². The molecule has 2 unspecified atom stereocenters. The highest BCUT2D eigenvalue weighted by molar-refractivity contribution is 6.00. The molecule has 2 aliphatic heterocycles. The first kappa shape index (κ1) is 15.9. The van der Waals surface area contributed by atoms with Gasteiger partial charge in [0.15, 0.2) is 0 Å². The van der Waals surface area contributed by atoms with Crippen LogP contribution in [0, 0.1) is 17.6 Å². The number of piperidine rings is 1. The smallest absolute Gasteiger partial charge is 0.227 e. The molecule has 1 aromatic carbocycles. The van der Waals surface area contributed by atoms with Gasteiger partial charge in [0.05, 0.1) is 11.6 Å². The lowest BCUT2D eigenvalue weighted by Crippen LogP contribution is -2.47. The van der Waals surface area contributed by atoms with E-state index in [0.29, 0.717) is 0 Å². The van der Waals surface area contributed by atoms with E-state index in [1.165, 1.54) is 11.0 Å². The molecule has 2 fully saturated rings. The number of amides is 2. The highest BCUT2D eigenvalue weighted by atomic mass is 19.1. The Morgan fingerprint density at radius 1 is 1.35 bits per heavy atom. The molecule has 0 radical (unpaired) electrons. The Kier molecular flexibility index (Phi) is 4.56. The summed E-state index contributed by atoms with van der Waals surface area (Å²) >= 11 is 0. The minimum atomic E-state index is -0.795. The Hall–Kier alpha value is -2.02. The fourth-order valence-electron chi connectivity index (χ4n) is 3.11. The van der Waals surface area contributed by atoms with Gasteiger partial charge in [0.1, 0.15) is 11.6 Å². The minimum absolute atomic E-state index is 0.0195. The van der Waals surface area contributed by atoms with E-state index in [9.17, 15) is 18.4 Å². The molecule has 0 aliphatic carbocycles. The maximum Gasteiger partial charge on any atom is 0.227 e. The predicted octanol–water partition coefficient (Wildman–Crippen LogP) is 1.19. The molecule has 124 valence electrons. The summed E-state index contributed by atoms with van der Waals surface area (Å²) in [6.45, 7) is 1.79. The predicted molar refractivity (Wildman–Crippen MR) is 80.9 cm³/mol. The van der Waals surface area contributed by atoms with Gasteiger partial charge in [0.25, 0.3) is 0 Å². The lowest BCUT2D eigenvalue weighted by Gasteiger charge is -2.25. The maximum absolute atomic E-state index is 13.8. The number of hydrogen-bond donors (Lipinski definition) is 2. The van der Waals surface area contributed by atoms with E-state index >= 15 is 0 Å². The standard InChI is InChI=1S/C16H19F2N3O2/c17-11-3-4-14(13(18)7-11)21-9-10(6-15(21)22)16(23)20-12-2-1-5-19-8-12/h3-4,7,10,12,19H,1-2,5-6,8-9H2,(H,20,23). The molecule has 0 saturated carbocycles. The van der Waals surface area contributed by atoms with Crippen molar-refractivity contribution in [3.8, 4) is 0 Å². The molecule has 2 heterocycles. The molecule has 0 aromatic heterocycles. The topological polar surface area (TPSA) is 61.4 Å². The average molecular weight is 323 g/mol. The number of carbonyl (C=O) groups is 2. The Morgan fingerprint density at radius 3 is 2.87 bits per heavy atom. The van der Waals surface area contributed by atoms with Crippen molar-refractivity contribution in [2.45, 2.75) is 25.3 Å². The number of benzene rings is 1. The van der Waals surface area contributed by atoms with Gasteiger partial charge in [0.2, 0.25) is 11.8 Å². The molecule has 3 rings (SSSR count). The Balaban J connectivity index is 1.65. The Bertz CT molecular complexity index is 617. The van der Waals surface area contributed by atoms with Crippen molar-refractivity contribution in [2.75, 3.05) is 24.5 Å². The summed E-state index contributed by atoms with van der Waals surface area (Å²) in [4.78, 5) is 25.6. The van der Waals surface area contributed by atoms with Crippen molar-refractivity contribution in [1.82, 2.24) is 10.6 Å². The SMILES string of the molecule is O=C(NC1CCCNC1)C1CC(=O)N(c2ccc(F)cc2F)C1. The Labute approximate surface area is 133 Å². The van der Waals surface area contributed by atoms with Gasteiger partial charge in [0, 0.05) is 31.6 Å². The first-order valence-corrected chi connectivity index (χ1v) is 7.81. The molecule has 2 N–H and O–H groups in total. The van der Waals surface area contributed by atoms with Gasteiger partial charge in [-0.1, -0.05) is 0 Å². The molecular formula is C16H19F2N3O2. The normalized spacial score (nSPS) is 24.8. The molecule has 2 atom stereocenters. The van der Waals surface area contributed by atoms with Crippen LogP contribution in [-0.2, 0) is 9.59 Å². The lowest BCUT2D eigenvalue weighted by atomic mass is 10.0. The van der Waals surface area contributed by atoms with Crippen LogP contribution in [0.5, 0.6) is 0 Å². The molecule has 0 bridgehead atoms. The maximum atomic E-state index is 13.8. The van der Waals surface area contributed by atoms with Gasteiger partial charge in [-0.15, -0.1) is 0 Å². The zero-order valence-corrected chi connectivity index (χ0v) is 12.6. The second-order valence-corrected chi connectivity index (χ2v) is 6.05. The van der Waals surface area contributed by atoms with Crippen molar-refractivity contribution < 1.29 is 18.4 Å². The van der Waals surface area contributed by atoms with E-state index in [0.717, 1.165) is 38.1 Å². The fourth-order valence-corrected chi connectivity index (χ4v) is 3.11. The molecule has 7 heteroatoms. The zero-order chi connectivity index (χ0) is 16.4. The average Bonchev–Trinajstić information content (AvgIpc) is 2.90. The third-order valence-corrected chi connectivity index (χ3v) is 4.34. The van der Waals surface area contributed by atoms with Crippen LogP contribution in [0.4, 0.5) is 14.5 Å². The lowest BCUT2D eigenvalue weighted by molar-refractivity contribution is -0.127. The largest absolute Gasteiger partial charge is 0.352 e. The van der Waals surface area contributed by atoms with E-state index < -0.39 is 17.6 Å². The van der Waals surface area contributed by atoms with E-state index in [1.54, 1.807) is 0 Å². The summed E-state index contributed by atoms with van der Waals surface area (Å²) in [5, 5.41) is 6.15. The van der Waals surface area contributed by atoms with Crippen molar-refractivity contribution in [3.63, 3.8) is 0 Å². The van der Waals surface area contributed by atoms with Crippen molar-refractivity contribution in [2.24, 2.45) is 5.92 Å². The second-order valence-electron chi connectivity index (χ2n) is 6.05. The van der Waals surface area contributed by atoms with Crippen LogP contribution in [0.2, 0.25) is 0 Å². The molecule has 1 aromatic rings. The molecule has 2 aliphatic rings. The molecule has 0 spiro atoms. The molecular weight excluding hydrogens is 304 g/mol. The number of nitrogens with one attached hydrogen (secondary N) is 2. The van der Waals surface area contributed by atoms with Crippen LogP contribution in [0.25, 0.3) is 0 Å². The first-order chi connectivity index (χ1) is 11.0. The van der Waals surface area contributed by atoms with Gasteiger partial charge in [-0.2, -0.15) is 0 Å². The highest BCUT2D eigenvalue weighted by Gasteiger charge is 2.36. The van der Waals surface area contributed by atoms with Gasteiger partial charge in [-0.25, -0.2) is 8.78 Å². The summed E-state index contributed by atoms with van der Waals surface area (Å²) in [5.41, 5.74) is 0.0195. The summed E-state index contributed by atoms with van der Waals surface area (Å²) in [5.74, 6) is -2.50. The van der Waals surface area contributed by atoms with Gasteiger partial charge in [-0.05, 0) is 31.5 Å². The van der Waals surface area contributed by atoms with Crippen LogP contribution in [-0.4, -0.2) is 37.5 Å².